The number of para-hydroxylation sites is 1. The zero-order chi connectivity index (χ0) is 15.7. The molecule has 1 saturated carbocycles. The first-order valence-corrected chi connectivity index (χ1v) is 8.42. The minimum Gasteiger partial charge on any atom is -0.325 e. The average molecular weight is 306 g/mol. The van der Waals surface area contributed by atoms with E-state index in [1.165, 1.54) is 11.1 Å². The van der Waals surface area contributed by atoms with Gasteiger partial charge in [0, 0.05) is 5.69 Å². The molecule has 0 aromatic heterocycles. The Morgan fingerprint density at radius 2 is 1.91 bits per heavy atom. The van der Waals surface area contributed by atoms with Gasteiger partial charge in [0.1, 0.15) is 0 Å². The maximum Gasteiger partial charge on any atom is 0.230 e. The molecule has 3 heteroatoms. The minimum atomic E-state index is -0.106. The monoisotopic (exact) mass is 306 g/mol. The van der Waals surface area contributed by atoms with Crippen molar-refractivity contribution in [2.24, 2.45) is 11.3 Å². The van der Waals surface area contributed by atoms with E-state index in [1.807, 2.05) is 24.3 Å². The second-order valence-electron chi connectivity index (χ2n) is 6.78. The molecular formula is C20H22N2O. The Morgan fingerprint density at radius 1 is 1.13 bits per heavy atom. The smallest absolute Gasteiger partial charge is 0.230 e. The lowest BCUT2D eigenvalue weighted by Crippen LogP contribution is -2.36. The van der Waals surface area contributed by atoms with Crippen LogP contribution in [0.3, 0.4) is 0 Å². The molecule has 1 saturated heterocycles. The highest BCUT2D eigenvalue weighted by Gasteiger charge is 2.60. The summed E-state index contributed by atoms with van der Waals surface area (Å²) in [7, 11) is 0. The van der Waals surface area contributed by atoms with Gasteiger partial charge in [-0.2, -0.15) is 0 Å². The van der Waals surface area contributed by atoms with Crippen LogP contribution in [0.2, 0.25) is 0 Å². The van der Waals surface area contributed by atoms with Crippen LogP contribution in [0, 0.1) is 11.3 Å². The lowest BCUT2D eigenvalue weighted by Gasteiger charge is -2.22. The molecule has 2 aliphatic rings. The highest BCUT2D eigenvalue weighted by atomic mass is 16.2. The summed E-state index contributed by atoms with van der Waals surface area (Å²) in [5.74, 6) is 0.738. The van der Waals surface area contributed by atoms with Crippen molar-refractivity contribution in [3.05, 3.63) is 65.7 Å². The molecule has 2 fully saturated rings. The summed E-state index contributed by atoms with van der Waals surface area (Å²) in [6.07, 6.45) is 2.84. The quantitative estimate of drug-likeness (QED) is 0.910. The van der Waals surface area contributed by atoms with E-state index in [0.29, 0.717) is 5.92 Å². The van der Waals surface area contributed by atoms with Crippen LogP contribution in [-0.4, -0.2) is 19.0 Å². The van der Waals surface area contributed by atoms with Gasteiger partial charge in [-0.3, -0.25) is 4.79 Å². The van der Waals surface area contributed by atoms with E-state index in [4.69, 9.17) is 0 Å². The van der Waals surface area contributed by atoms with Crippen LogP contribution in [0.5, 0.6) is 0 Å². The lowest BCUT2D eigenvalue weighted by molar-refractivity contribution is -0.122. The number of fused-ring (bicyclic) bond motifs is 1. The van der Waals surface area contributed by atoms with Crippen LogP contribution >= 0.6 is 0 Å². The molecule has 1 aliphatic carbocycles. The summed E-state index contributed by atoms with van der Waals surface area (Å²) in [6.45, 7) is 1.94. The molecule has 2 N–H and O–H groups in total. The molecule has 1 amide bonds. The summed E-state index contributed by atoms with van der Waals surface area (Å²) in [5, 5.41) is 6.60. The highest BCUT2D eigenvalue weighted by Crippen LogP contribution is 2.57. The zero-order valence-corrected chi connectivity index (χ0v) is 13.2. The molecule has 2 aromatic carbocycles. The maximum absolute atomic E-state index is 12.8. The number of hydrogen-bond donors (Lipinski definition) is 2. The van der Waals surface area contributed by atoms with Gasteiger partial charge >= 0.3 is 0 Å². The third-order valence-corrected chi connectivity index (χ3v) is 5.33. The first-order valence-electron chi connectivity index (χ1n) is 8.42. The Kier molecular flexibility index (Phi) is 3.66. The summed E-state index contributed by atoms with van der Waals surface area (Å²) in [6, 6.07) is 18.5. The van der Waals surface area contributed by atoms with Crippen molar-refractivity contribution in [2.45, 2.75) is 19.3 Å². The van der Waals surface area contributed by atoms with E-state index in [-0.39, 0.29) is 11.3 Å². The van der Waals surface area contributed by atoms with Gasteiger partial charge in [-0.15, -0.1) is 0 Å². The molecule has 2 atom stereocenters. The van der Waals surface area contributed by atoms with Crippen LogP contribution < -0.4 is 10.6 Å². The second-order valence-corrected chi connectivity index (χ2v) is 6.78. The molecule has 1 heterocycles. The van der Waals surface area contributed by atoms with E-state index in [1.54, 1.807) is 0 Å². The van der Waals surface area contributed by atoms with Crippen molar-refractivity contribution in [1.29, 1.82) is 0 Å². The third kappa shape index (κ3) is 2.77. The molecule has 0 radical (unpaired) electrons. The number of nitrogens with one attached hydrogen (secondary N) is 2. The van der Waals surface area contributed by atoms with Gasteiger partial charge in [0.15, 0.2) is 0 Å². The Balaban J connectivity index is 1.52. The SMILES string of the molecule is O=C(Nc1ccccc1Cc1ccccc1)C12CCNCC1C2. The summed E-state index contributed by atoms with van der Waals surface area (Å²) < 4.78 is 0. The maximum atomic E-state index is 12.8. The van der Waals surface area contributed by atoms with Crippen molar-refractivity contribution >= 4 is 11.6 Å². The summed E-state index contributed by atoms with van der Waals surface area (Å²) in [5.41, 5.74) is 3.29. The fourth-order valence-electron chi connectivity index (χ4n) is 3.79. The van der Waals surface area contributed by atoms with Gasteiger partial charge in [-0.25, -0.2) is 0 Å². The van der Waals surface area contributed by atoms with Gasteiger partial charge in [0.05, 0.1) is 5.41 Å². The second kappa shape index (κ2) is 5.82. The van der Waals surface area contributed by atoms with Crippen molar-refractivity contribution in [3.63, 3.8) is 0 Å². The molecule has 0 bridgehead atoms. The predicted octanol–water partition coefficient (Wildman–Crippen LogP) is 3.22. The standard InChI is InChI=1S/C20H22N2O/c23-19(20-10-11-21-14-17(20)13-20)22-18-9-5-4-8-16(18)12-15-6-2-1-3-7-15/h1-9,17,21H,10-14H2,(H,22,23). The number of carbonyl (C=O) groups excluding carboxylic acids is 1. The van der Waals surface area contributed by atoms with E-state index in [9.17, 15) is 4.79 Å². The summed E-state index contributed by atoms with van der Waals surface area (Å²) >= 11 is 0. The van der Waals surface area contributed by atoms with Gasteiger partial charge in [0.2, 0.25) is 5.91 Å². The molecule has 118 valence electrons. The summed E-state index contributed by atoms with van der Waals surface area (Å²) in [4.78, 5) is 12.8. The van der Waals surface area contributed by atoms with Crippen molar-refractivity contribution in [2.75, 3.05) is 18.4 Å². The lowest BCUT2D eigenvalue weighted by atomic mass is 9.94. The van der Waals surface area contributed by atoms with Crippen molar-refractivity contribution < 1.29 is 4.79 Å². The first-order chi connectivity index (χ1) is 11.3. The number of anilines is 1. The largest absolute Gasteiger partial charge is 0.325 e. The number of rotatable bonds is 4. The predicted molar refractivity (Wildman–Crippen MR) is 92.3 cm³/mol. The normalized spacial score (nSPS) is 25.5. The Bertz CT molecular complexity index is 713. The molecule has 2 unspecified atom stereocenters. The van der Waals surface area contributed by atoms with Crippen LogP contribution in [-0.2, 0) is 11.2 Å². The number of amides is 1. The number of piperidine rings is 1. The topological polar surface area (TPSA) is 41.1 Å². The van der Waals surface area contributed by atoms with Crippen LogP contribution in [0.25, 0.3) is 0 Å². The Hall–Kier alpha value is -2.13. The fraction of sp³-hybridized carbons (Fsp3) is 0.350. The zero-order valence-electron chi connectivity index (χ0n) is 13.2. The van der Waals surface area contributed by atoms with Crippen LogP contribution in [0.1, 0.15) is 24.0 Å². The Morgan fingerprint density at radius 3 is 2.74 bits per heavy atom. The van der Waals surface area contributed by atoms with Gasteiger partial charge in [-0.1, -0.05) is 48.5 Å². The van der Waals surface area contributed by atoms with Crippen molar-refractivity contribution in [1.82, 2.24) is 5.32 Å². The average Bonchev–Trinajstić information content (AvgIpc) is 3.34. The van der Waals surface area contributed by atoms with Gasteiger partial charge < -0.3 is 10.6 Å². The molecule has 0 spiro atoms. The molecule has 1 aliphatic heterocycles. The van der Waals surface area contributed by atoms with Gasteiger partial charge in [0.25, 0.3) is 0 Å². The number of hydrogen-bond acceptors (Lipinski definition) is 2. The number of carbonyl (C=O) groups is 1. The minimum absolute atomic E-state index is 0.106. The van der Waals surface area contributed by atoms with E-state index in [0.717, 1.165) is 38.0 Å². The fourth-order valence-corrected chi connectivity index (χ4v) is 3.79. The van der Waals surface area contributed by atoms with Crippen LogP contribution in [0.15, 0.2) is 54.6 Å². The van der Waals surface area contributed by atoms with Gasteiger partial charge in [-0.05, 0) is 55.5 Å². The Labute approximate surface area is 137 Å². The van der Waals surface area contributed by atoms with E-state index < -0.39 is 0 Å². The highest BCUT2D eigenvalue weighted by molar-refractivity contribution is 5.98. The molecule has 4 rings (SSSR count). The van der Waals surface area contributed by atoms with E-state index >= 15 is 0 Å². The molecule has 2 aromatic rings. The molecular weight excluding hydrogens is 284 g/mol. The van der Waals surface area contributed by atoms with Crippen LogP contribution in [0.4, 0.5) is 5.69 Å². The number of benzene rings is 2. The third-order valence-electron chi connectivity index (χ3n) is 5.33. The van der Waals surface area contributed by atoms with E-state index in [2.05, 4.69) is 41.0 Å². The first kappa shape index (κ1) is 14.5. The van der Waals surface area contributed by atoms with Crippen molar-refractivity contribution in [3.8, 4) is 0 Å². The molecule has 23 heavy (non-hydrogen) atoms. The molecule has 3 nitrogen and oxygen atoms in total.